The zero-order valence-corrected chi connectivity index (χ0v) is 12.5. The Morgan fingerprint density at radius 2 is 1.90 bits per heavy atom. The molecule has 0 saturated heterocycles. The molecule has 3 nitrogen and oxygen atoms in total. The largest absolute Gasteiger partial charge is 0.497 e. The maximum absolute atomic E-state index is 5.31. The first-order valence-electron chi connectivity index (χ1n) is 6.42. The first-order valence-corrected chi connectivity index (χ1v) is 6.83. The van der Waals surface area contributed by atoms with Crippen LogP contribution in [0.3, 0.4) is 0 Å². The molecule has 0 unspecified atom stereocenters. The molecule has 2 aromatic carbocycles. The van der Waals surface area contributed by atoms with Crippen molar-refractivity contribution in [1.29, 1.82) is 0 Å². The monoisotopic (exact) mass is 286 g/mol. The fourth-order valence-corrected chi connectivity index (χ4v) is 1.99. The van der Waals surface area contributed by atoms with Crippen LogP contribution < -0.4 is 15.4 Å². The van der Waals surface area contributed by atoms with Crippen LogP contribution in [-0.4, -0.2) is 12.2 Å². The third kappa shape index (κ3) is 3.96. The molecule has 0 saturated carbocycles. The normalized spacial score (nSPS) is 9.90. The van der Waals surface area contributed by atoms with E-state index >= 15 is 0 Å². The Kier molecular flexibility index (Phi) is 4.96. The number of anilines is 1. The van der Waals surface area contributed by atoms with E-state index in [9.17, 15) is 0 Å². The average Bonchev–Trinajstić information content (AvgIpc) is 2.48. The Labute approximate surface area is 125 Å². The van der Waals surface area contributed by atoms with Crippen LogP contribution in [-0.2, 0) is 6.54 Å². The van der Waals surface area contributed by atoms with Gasteiger partial charge in [-0.25, -0.2) is 0 Å². The number of methoxy groups -OCH3 is 1. The second kappa shape index (κ2) is 6.91. The highest BCUT2D eigenvalue weighted by Crippen LogP contribution is 2.21. The summed E-state index contributed by atoms with van der Waals surface area (Å²) < 4.78 is 5.22. The molecule has 0 atom stereocenters. The Bertz CT molecular complexity index is 584. The molecule has 0 bridgehead atoms. The van der Waals surface area contributed by atoms with Gasteiger partial charge in [-0.2, -0.15) is 0 Å². The number of aryl methyl sites for hydroxylation is 1. The summed E-state index contributed by atoms with van der Waals surface area (Å²) in [5, 5.41) is 6.99. The van der Waals surface area contributed by atoms with Crippen LogP contribution in [0.5, 0.6) is 5.75 Å². The van der Waals surface area contributed by atoms with Gasteiger partial charge in [0.05, 0.1) is 7.11 Å². The molecule has 0 aliphatic rings. The van der Waals surface area contributed by atoms with Crippen molar-refractivity contribution in [1.82, 2.24) is 5.32 Å². The maximum Gasteiger partial charge on any atom is 0.171 e. The lowest BCUT2D eigenvalue weighted by molar-refractivity contribution is 0.415. The zero-order chi connectivity index (χ0) is 14.4. The lowest BCUT2D eigenvalue weighted by Crippen LogP contribution is -2.28. The van der Waals surface area contributed by atoms with Crippen molar-refractivity contribution in [3.05, 3.63) is 59.7 Å². The fraction of sp³-hybridized carbons (Fsp3) is 0.188. The van der Waals surface area contributed by atoms with Gasteiger partial charge in [-0.15, -0.1) is 0 Å². The Balaban J connectivity index is 1.94. The van der Waals surface area contributed by atoms with Gasteiger partial charge in [0, 0.05) is 18.3 Å². The predicted molar refractivity (Wildman–Crippen MR) is 87.2 cm³/mol. The average molecular weight is 286 g/mol. The molecule has 0 spiro atoms. The minimum atomic E-state index is 0.602. The molecular formula is C16H18N2OS. The molecule has 0 fully saturated rings. The van der Waals surface area contributed by atoms with Crippen LogP contribution in [0.2, 0.25) is 0 Å². The van der Waals surface area contributed by atoms with E-state index in [1.54, 1.807) is 7.11 Å². The molecule has 0 aromatic heterocycles. The van der Waals surface area contributed by atoms with Crippen molar-refractivity contribution in [2.75, 3.05) is 12.4 Å². The van der Waals surface area contributed by atoms with E-state index in [2.05, 4.69) is 22.8 Å². The van der Waals surface area contributed by atoms with E-state index in [-0.39, 0.29) is 0 Å². The minimum absolute atomic E-state index is 0.602. The smallest absolute Gasteiger partial charge is 0.171 e. The van der Waals surface area contributed by atoms with Crippen molar-refractivity contribution in [3.8, 4) is 5.75 Å². The molecule has 2 aromatic rings. The molecule has 2 N–H and O–H groups in total. The Morgan fingerprint density at radius 3 is 2.60 bits per heavy atom. The molecular weight excluding hydrogens is 268 g/mol. The van der Waals surface area contributed by atoms with E-state index in [4.69, 9.17) is 17.0 Å². The van der Waals surface area contributed by atoms with Crippen LogP contribution in [0.15, 0.2) is 48.5 Å². The van der Waals surface area contributed by atoms with E-state index in [1.807, 2.05) is 43.3 Å². The second-order valence-corrected chi connectivity index (χ2v) is 4.88. The molecule has 0 amide bonds. The SMILES string of the molecule is COc1ccc(C)c(NC(=S)NCc2ccccc2)c1. The van der Waals surface area contributed by atoms with E-state index in [1.165, 1.54) is 5.56 Å². The molecule has 0 aliphatic carbocycles. The van der Waals surface area contributed by atoms with Crippen LogP contribution in [0.25, 0.3) is 0 Å². The van der Waals surface area contributed by atoms with Crippen molar-refractivity contribution in [3.63, 3.8) is 0 Å². The van der Waals surface area contributed by atoms with Gasteiger partial charge >= 0.3 is 0 Å². The Hall–Kier alpha value is -2.07. The van der Waals surface area contributed by atoms with Crippen LogP contribution in [0.1, 0.15) is 11.1 Å². The second-order valence-electron chi connectivity index (χ2n) is 4.47. The molecule has 0 radical (unpaired) electrons. The standard InChI is InChI=1S/C16H18N2OS/c1-12-8-9-14(19-2)10-15(12)18-16(20)17-11-13-6-4-3-5-7-13/h3-10H,11H2,1-2H3,(H2,17,18,20). The van der Waals surface area contributed by atoms with E-state index in [0.29, 0.717) is 11.7 Å². The summed E-state index contributed by atoms with van der Waals surface area (Å²) in [6.07, 6.45) is 0. The van der Waals surface area contributed by atoms with E-state index < -0.39 is 0 Å². The molecule has 2 rings (SSSR count). The molecule has 0 heterocycles. The first-order chi connectivity index (χ1) is 9.69. The van der Waals surface area contributed by atoms with Crippen LogP contribution in [0.4, 0.5) is 5.69 Å². The Morgan fingerprint density at radius 1 is 1.15 bits per heavy atom. The third-order valence-corrected chi connectivity index (χ3v) is 3.24. The van der Waals surface area contributed by atoms with Gasteiger partial charge in [-0.05, 0) is 36.3 Å². The van der Waals surface area contributed by atoms with Gasteiger partial charge in [-0.1, -0.05) is 36.4 Å². The summed E-state index contributed by atoms with van der Waals surface area (Å²) in [5.41, 5.74) is 3.27. The van der Waals surface area contributed by atoms with Gasteiger partial charge < -0.3 is 15.4 Å². The molecule has 0 aliphatic heterocycles. The van der Waals surface area contributed by atoms with E-state index in [0.717, 1.165) is 17.0 Å². The molecule has 104 valence electrons. The highest BCUT2D eigenvalue weighted by molar-refractivity contribution is 7.80. The summed E-state index contributed by atoms with van der Waals surface area (Å²) in [5.74, 6) is 0.809. The third-order valence-electron chi connectivity index (χ3n) is 2.99. The number of hydrogen-bond donors (Lipinski definition) is 2. The highest BCUT2D eigenvalue weighted by Gasteiger charge is 2.03. The van der Waals surface area contributed by atoms with Gasteiger partial charge in [0.1, 0.15) is 5.75 Å². The summed E-state index contributed by atoms with van der Waals surface area (Å²) in [7, 11) is 1.65. The van der Waals surface area contributed by atoms with Crippen molar-refractivity contribution in [2.24, 2.45) is 0 Å². The van der Waals surface area contributed by atoms with Gasteiger partial charge in [0.2, 0.25) is 0 Å². The van der Waals surface area contributed by atoms with Gasteiger partial charge in [0.25, 0.3) is 0 Å². The quantitative estimate of drug-likeness (QED) is 0.843. The topological polar surface area (TPSA) is 33.3 Å². The zero-order valence-electron chi connectivity index (χ0n) is 11.6. The van der Waals surface area contributed by atoms with Crippen molar-refractivity contribution < 1.29 is 4.74 Å². The number of ether oxygens (including phenoxy) is 1. The predicted octanol–water partition coefficient (Wildman–Crippen LogP) is 3.49. The lowest BCUT2D eigenvalue weighted by atomic mass is 10.2. The first kappa shape index (κ1) is 14.3. The molecule has 20 heavy (non-hydrogen) atoms. The summed E-state index contributed by atoms with van der Waals surface area (Å²) >= 11 is 5.31. The summed E-state index contributed by atoms with van der Waals surface area (Å²) in [4.78, 5) is 0. The number of thiocarbonyl (C=S) groups is 1. The minimum Gasteiger partial charge on any atom is -0.497 e. The highest BCUT2D eigenvalue weighted by atomic mass is 32.1. The number of rotatable bonds is 4. The van der Waals surface area contributed by atoms with Gasteiger partial charge in [-0.3, -0.25) is 0 Å². The van der Waals surface area contributed by atoms with Crippen LogP contribution in [0, 0.1) is 6.92 Å². The van der Waals surface area contributed by atoms with Crippen LogP contribution >= 0.6 is 12.2 Å². The number of benzene rings is 2. The maximum atomic E-state index is 5.31. The lowest BCUT2D eigenvalue weighted by Gasteiger charge is -2.13. The van der Waals surface area contributed by atoms with Crippen molar-refractivity contribution >= 4 is 23.0 Å². The van der Waals surface area contributed by atoms with Gasteiger partial charge in [0.15, 0.2) is 5.11 Å². The van der Waals surface area contributed by atoms with Crippen molar-refractivity contribution in [2.45, 2.75) is 13.5 Å². The molecule has 4 heteroatoms. The summed E-state index contributed by atoms with van der Waals surface area (Å²) in [6, 6.07) is 16.0. The fourth-order valence-electron chi connectivity index (χ4n) is 1.81. The number of nitrogens with one attached hydrogen (secondary N) is 2. The summed E-state index contributed by atoms with van der Waals surface area (Å²) in [6.45, 7) is 2.73. The number of hydrogen-bond acceptors (Lipinski definition) is 2.